The van der Waals surface area contributed by atoms with Crippen LogP contribution in [0.1, 0.15) is 6.92 Å². The molecule has 0 heterocycles. The topological polar surface area (TPSA) is 0 Å². The summed E-state index contributed by atoms with van der Waals surface area (Å²) in [4.78, 5) is 0. The first kappa shape index (κ1) is 195. The molecule has 0 N–H and O–H groups in total. The van der Waals surface area contributed by atoms with Crippen molar-refractivity contribution < 1.29 is 28.2 Å². The van der Waals surface area contributed by atoms with E-state index in [0.717, 1.165) is 0 Å². The van der Waals surface area contributed by atoms with E-state index in [1.807, 2.05) is 6.92 Å². The van der Waals surface area contributed by atoms with Crippen LogP contribution in [-0.4, -0.2) is 0 Å². The van der Waals surface area contributed by atoms with Gasteiger partial charge in [0, 0.05) is 0 Å². The lowest BCUT2D eigenvalue weighted by Crippen LogP contribution is -3.00. The van der Waals surface area contributed by atoms with Gasteiger partial charge in [-0.25, -0.2) is 0 Å². The number of halogens is 6. The van der Waals surface area contributed by atoms with Crippen LogP contribution >= 0.6 is 0 Å². The molecule has 11 heavy (non-hydrogen) atoms. The summed E-state index contributed by atoms with van der Waals surface area (Å²) in [6.07, 6.45) is 1.75. The van der Waals surface area contributed by atoms with E-state index in [9.17, 15) is 0 Å². The summed E-state index contributed by atoms with van der Waals surface area (Å²) in [5, 5.41) is 0. The van der Waals surface area contributed by atoms with Gasteiger partial charge in [-0.15, -0.1) is 19.7 Å². The molecule has 0 bridgehead atoms. The van der Waals surface area contributed by atoms with Crippen molar-refractivity contribution in [3.63, 3.8) is 0 Å². The molecule has 0 amide bonds. The van der Waals surface area contributed by atoms with Crippen LogP contribution in [0.5, 0.6) is 0 Å². The monoisotopic (exact) mass is 184 g/mol. The van der Waals surface area contributed by atoms with Crippen LogP contribution in [0.3, 0.4) is 0 Å². The SMILES string of the molecule is C=C.C=CC.[F-].[F-].[F-].[F-].[F-].[F-]. The second-order valence-corrected chi connectivity index (χ2v) is 0.408. The maximum atomic E-state index is 3.36. The standard InChI is InChI=1S/C3H6.C2H4.6FH/c1-3-2;1-2;;;;;;/h3H,1H2,2H3;1-2H2;6*1H/p-6. The van der Waals surface area contributed by atoms with E-state index in [1.54, 1.807) is 6.08 Å². The van der Waals surface area contributed by atoms with Gasteiger partial charge < -0.3 is 28.2 Å². The molecule has 0 atom stereocenters. The van der Waals surface area contributed by atoms with E-state index < -0.39 is 0 Å². The quantitative estimate of drug-likeness (QED) is 0.259. The summed E-state index contributed by atoms with van der Waals surface area (Å²) in [6, 6.07) is 0. The summed E-state index contributed by atoms with van der Waals surface area (Å²) in [6.45, 7) is 11.2. The molecular weight excluding hydrogens is 174 g/mol. The molecule has 0 radical (unpaired) electrons. The number of hydrogen-bond acceptors (Lipinski definition) is 0. The molecule has 0 aliphatic rings. The van der Waals surface area contributed by atoms with Crippen LogP contribution in [0.2, 0.25) is 0 Å². The minimum atomic E-state index is 0. The van der Waals surface area contributed by atoms with Gasteiger partial charge in [0.25, 0.3) is 0 Å². The maximum Gasteiger partial charge on any atom is -0.0473 e. The van der Waals surface area contributed by atoms with Crippen LogP contribution in [0.4, 0.5) is 0 Å². The molecule has 0 rings (SSSR count). The van der Waals surface area contributed by atoms with Crippen molar-refractivity contribution in [2.75, 3.05) is 0 Å². The van der Waals surface area contributed by atoms with Gasteiger partial charge in [-0.1, -0.05) is 6.08 Å². The van der Waals surface area contributed by atoms with E-state index in [1.165, 1.54) is 0 Å². The van der Waals surface area contributed by atoms with Crippen LogP contribution in [-0.2, 0) is 0 Å². The average molecular weight is 184 g/mol. The lowest BCUT2D eigenvalue weighted by Gasteiger charge is -1.31. The molecule has 0 nitrogen and oxygen atoms in total. The fourth-order valence-corrected chi connectivity index (χ4v) is 0. The van der Waals surface area contributed by atoms with E-state index in [4.69, 9.17) is 0 Å². The van der Waals surface area contributed by atoms with Crippen molar-refractivity contribution in [1.29, 1.82) is 0 Å². The Hall–Kier alpha value is -0.940. The molecule has 0 aliphatic carbocycles. The Labute approximate surface area is 62.2 Å². The van der Waals surface area contributed by atoms with Crippen molar-refractivity contribution in [3.8, 4) is 0 Å². The van der Waals surface area contributed by atoms with Crippen molar-refractivity contribution in [2.45, 2.75) is 6.92 Å². The molecule has 0 fully saturated rings. The zero-order valence-corrected chi connectivity index (χ0v) is 5.97. The van der Waals surface area contributed by atoms with Crippen molar-refractivity contribution in [1.82, 2.24) is 0 Å². The first-order valence-corrected chi connectivity index (χ1v) is 1.49. The summed E-state index contributed by atoms with van der Waals surface area (Å²) in [5.41, 5.74) is 0. The van der Waals surface area contributed by atoms with E-state index in [0.29, 0.717) is 0 Å². The zero-order chi connectivity index (χ0) is 4.71. The highest BCUT2D eigenvalue weighted by atomic mass is 19.0. The van der Waals surface area contributed by atoms with Crippen molar-refractivity contribution in [2.24, 2.45) is 0 Å². The van der Waals surface area contributed by atoms with Crippen molar-refractivity contribution >= 4 is 0 Å². The molecule has 0 spiro atoms. The first-order chi connectivity index (χ1) is 2.41. The maximum absolute atomic E-state index is 3.36. The third-order valence-electron chi connectivity index (χ3n) is 0. The normalized spacial score (nSPS) is 1.55. The fraction of sp³-hybridized carbons (Fsp3) is 0.200. The number of rotatable bonds is 0. The van der Waals surface area contributed by atoms with Gasteiger partial charge in [-0.05, 0) is 6.92 Å². The second kappa shape index (κ2) is 163000. The van der Waals surface area contributed by atoms with Gasteiger partial charge in [0.2, 0.25) is 0 Å². The predicted molar refractivity (Wildman–Crippen MR) is 27.1 cm³/mol. The van der Waals surface area contributed by atoms with Gasteiger partial charge in [0.1, 0.15) is 0 Å². The Morgan fingerprint density at radius 2 is 0.727 bits per heavy atom. The minimum absolute atomic E-state index is 0. The number of hydrogen-bond donors (Lipinski definition) is 0. The van der Waals surface area contributed by atoms with Crippen LogP contribution in [0.25, 0.3) is 0 Å². The van der Waals surface area contributed by atoms with Gasteiger partial charge >= 0.3 is 0 Å². The Balaban J connectivity index is -0.00000000181. The molecular formula is C5H10F6-6. The molecule has 0 unspecified atom stereocenters. The summed E-state index contributed by atoms with van der Waals surface area (Å²) in [7, 11) is 0. The van der Waals surface area contributed by atoms with Crippen LogP contribution in [0.15, 0.2) is 25.8 Å². The van der Waals surface area contributed by atoms with E-state index >= 15 is 0 Å². The molecule has 0 aromatic rings. The molecule has 0 aromatic heterocycles. The zero-order valence-electron chi connectivity index (χ0n) is 5.97. The second-order valence-electron chi connectivity index (χ2n) is 0.408. The van der Waals surface area contributed by atoms with Gasteiger partial charge in [-0.3, -0.25) is 0 Å². The molecule has 6 heteroatoms. The Morgan fingerprint density at radius 3 is 0.727 bits per heavy atom. The predicted octanol–water partition coefficient (Wildman–Crippen LogP) is -16.0. The molecule has 0 aromatic carbocycles. The summed E-state index contributed by atoms with van der Waals surface area (Å²) in [5.74, 6) is 0. The third-order valence-corrected chi connectivity index (χ3v) is 0. The molecule has 0 saturated carbocycles. The van der Waals surface area contributed by atoms with Crippen LogP contribution in [0, 0.1) is 0 Å². The molecule has 0 aliphatic heterocycles. The Morgan fingerprint density at radius 1 is 0.727 bits per heavy atom. The largest absolute Gasteiger partial charge is 1.00 e. The average Bonchev–Trinajstić information content (AvgIpc) is 1.46. The Kier molecular flexibility index (Phi) is 2890000. The van der Waals surface area contributed by atoms with Crippen LogP contribution < -0.4 is 28.2 Å². The van der Waals surface area contributed by atoms with Gasteiger partial charge in [0.05, 0.1) is 0 Å². The number of allylic oxidation sites excluding steroid dienone is 1. The van der Waals surface area contributed by atoms with E-state index in [2.05, 4.69) is 19.7 Å². The molecule has 0 saturated heterocycles. The third kappa shape index (κ3) is 511. The highest BCUT2D eigenvalue weighted by molar-refractivity contribution is 4.51. The summed E-state index contributed by atoms with van der Waals surface area (Å²) >= 11 is 0. The highest BCUT2D eigenvalue weighted by Gasteiger charge is 1.15. The Bertz CT molecular complexity index is 24.9. The van der Waals surface area contributed by atoms with Gasteiger partial charge in [-0.2, -0.15) is 0 Å². The summed E-state index contributed by atoms with van der Waals surface area (Å²) < 4.78 is 0. The lowest BCUT2D eigenvalue weighted by atomic mass is 10.8. The molecule has 78 valence electrons. The minimum Gasteiger partial charge on any atom is -1.00 e. The smallest absolute Gasteiger partial charge is 0.0473 e. The van der Waals surface area contributed by atoms with Crippen molar-refractivity contribution in [3.05, 3.63) is 25.8 Å². The van der Waals surface area contributed by atoms with Gasteiger partial charge in [0.15, 0.2) is 0 Å². The lowest BCUT2D eigenvalue weighted by molar-refractivity contribution is -0.00100. The fourth-order valence-electron chi connectivity index (χ4n) is 0. The van der Waals surface area contributed by atoms with E-state index in [-0.39, 0.29) is 28.2 Å². The highest BCUT2D eigenvalue weighted by Crippen LogP contribution is 1.38. The first-order valence-electron chi connectivity index (χ1n) is 1.49.